The number of benzene rings is 3. The van der Waals surface area contributed by atoms with E-state index in [1.807, 2.05) is 67.6 Å². The van der Waals surface area contributed by atoms with Crippen LogP contribution in [0.15, 0.2) is 78.4 Å². The highest BCUT2D eigenvalue weighted by atomic mass is 16.6. The topological polar surface area (TPSA) is 97.6 Å². The average molecular weight is 485 g/mol. The quantitative estimate of drug-likeness (QED) is 0.135. The minimum Gasteiger partial charge on any atom is -0.494 e. The van der Waals surface area contributed by atoms with E-state index >= 15 is 0 Å². The molecule has 7 nitrogen and oxygen atoms in total. The van der Waals surface area contributed by atoms with Crippen LogP contribution in [0.1, 0.15) is 29.5 Å². The number of nitrogens with zero attached hydrogens (tertiary/aromatic N) is 1. The first kappa shape index (κ1) is 26.0. The predicted molar refractivity (Wildman–Crippen MR) is 136 cm³/mol. The molecule has 184 valence electrons. The van der Waals surface area contributed by atoms with Crippen LogP contribution in [-0.4, -0.2) is 25.6 Å². The van der Waals surface area contributed by atoms with Crippen LogP contribution in [0.25, 0.3) is 6.08 Å². The Kier molecular flexibility index (Phi) is 9.66. The maximum atomic E-state index is 12.4. The largest absolute Gasteiger partial charge is 0.494 e. The Hall–Kier alpha value is -4.57. The van der Waals surface area contributed by atoms with Gasteiger partial charge in [0.1, 0.15) is 17.4 Å². The van der Waals surface area contributed by atoms with Gasteiger partial charge in [0.15, 0.2) is 11.5 Å². The summed E-state index contributed by atoms with van der Waals surface area (Å²) < 4.78 is 16.5. The number of ether oxygens (including phenoxy) is 3. The van der Waals surface area contributed by atoms with Gasteiger partial charge in [0, 0.05) is 13.0 Å². The second kappa shape index (κ2) is 13.4. The molecule has 3 rings (SSSR count). The molecule has 0 saturated carbocycles. The molecule has 1 amide bonds. The third-order valence-corrected chi connectivity index (χ3v) is 5.17. The number of carbonyl (C=O) groups excluding carboxylic acids is 2. The minimum absolute atomic E-state index is 0.0497. The fourth-order valence-electron chi connectivity index (χ4n) is 3.33. The van der Waals surface area contributed by atoms with E-state index < -0.39 is 11.9 Å². The second-order valence-corrected chi connectivity index (χ2v) is 7.99. The number of nitriles is 1. The molecule has 0 saturated heterocycles. The summed E-state index contributed by atoms with van der Waals surface area (Å²) in [6.07, 6.45) is 2.13. The molecule has 0 bridgehead atoms. The summed E-state index contributed by atoms with van der Waals surface area (Å²) in [4.78, 5) is 24.7. The summed E-state index contributed by atoms with van der Waals surface area (Å²) in [5, 5.41) is 12.2. The fraction of sp³-hybridized carbons (Fsp3) is 0.207. The highest BCUT2D eigenvalue weighted by Gasteiger charge is 2.13. The number of aryl methyl sites for hydroxylation is 1. The molecular weight excluding hydrogens is 456 g/mol. The molecule has 3 aromatic carbocycles. The Morgan fingerprint density at radius 1 is 1.00 bits per heavy atom. The molecule has 0 heterocycles. The first-order valence-corrected chi connectivity index (χ1v) is 11.5. The van der Waals surface area contributed by atoms with Crippen LogP contribution in [0, 0.1) is 18.3 Å². The van der Waals surface area contributed by atoms with Crippen molar-refractivity contribution in [2.24, 2.45) is 0 Å². The zero-order valence-corrected chi connectivity index (χ0v) is 20.3. The van der Waals surface area contributed by atoms with Crippen LogP contribution in [0.2, 0.25) is 0 Å². The summed E-state index contributed by atoms with van der Waals surface area (Å²) in [7, 11) is 1.45. The predicted octanol–water partition coefficient (Wildman–Crippen LogP) is 4.99. The van der Waals surface area contributed by atoms with Gasteiger partial charge in [0.25, 0.3) is 5.91 Å². The molecule has 0 aliphatic heterocycles. The van der Waals surface area contributed by atoms with E-state index in [0.717, 1.165) is 16.9 Å². The third-order valence-electron chi connectivity index (χ3n) is 5.17. The zero-order valence-electron chi connectivity index (χ0n) is 20.3. The molecule has 7 heteroatoms. The van der Waals surface area contributed by atoms with Crippen LogP contribution in [0.3, 0.4) is 0 Å². The molecule has 0 unspecified atom stereocenters. The number of amides is 1. The molecule has 3 aromatic rings. The van der Waals surface area contributed by atoms with Gasteiger partial charge in [0.05, 0.1) is 13.7 Å². The van der Waals surface area contributed by atoms with Crippen molar-refractivity contribution in [1.29, 1.82) is 5.26 Å². The number of rotatable bonds is 11. The Bertz CT molecular complexity index is 1260. The Labute approximate surface area is 210 Å². The molecule has 0 aliphatic rings. The van der Waals surface area contributed by atoms with Gasteiger partial charge in [0.2, 0.25) is 0 Å². The third kappa shape index (κ3) is 8.03. The van der Waals surface area contributed by atoms with Gasteiger partial charge >= 0.3 is 5.97 Å². The Morgan fingerprint density at radius 3 is 2.53 bits per heavy atom. The van der Waals surface area contributed by atoms with Crippen molar-refractivity contribution in [3.8, 4) is 23.3 Å². The molecule has 0 radical (unpaired) electrons. The SMILES string of the molecule is COc1cc(/C=C(\C#N)C(=O)NCc2ccccc2)ccc1OC(=O)CCCOc1cccc(C)c1. The van der Waals surface area contributed by atoms with Crippen molar-refractivity contribution in [1.82, 2.24) is 5.32 Å². The normalized spacial score (nSPS) is 10.8. The van der Waals surface area contributed by atoms with Gasteiger partial charge in [-0.3, -0.25) is 9.59 Å². The lowest BCUT2D eigenvalue weighted by Crippen LogP contribution is -2.23. The molecule has 0 atom stereocenters. The van der Waals surface area contributed by atoms with Gasteiger partial charge in [-0.25, -0.2) is 0 Å². The average Bonchev–Trinajstić information content (AvgIpc) is 2.89. The van der Waals surface area contributed by atoms with Crippen molar-refractivity contribution in [3.63, 3.8) is 0 Å². The lowest BCUT2D eigenvalue weighted by atomic mass is 10.1. The second-order valence-electron chi connectivity index (χ2n) is 7.99. The maximum Gasteiger partial charge on any atom is 0.311 e. The van der Waals surface area contributed by atoms with Crippen LogP contribution in [0.5, 0.6) is 17.2 Å². The number of nitrogens with one attached hydrogen (secondary N) is 1. The van der Waals surface area contributed by atoms with E-state index in [1.165, 1.54) is 13.2 Å². The first-order valence-electron chi connectivity index (χ1n) is 11.5. The summed E-state index contributed by atoms with van der Waals surface area (Å²) >= 11 is 0. The summed E-state index contributed by atoms with van der Waals surface area (Å²) in [6.45, 7) is 2.69. The highest BCUT2D eigenvalue weighted by molar-refractivity contribution is 6.01. The maximum absolute atomic E-state index is 12.4. The van der Waals surface area contributed by atoms with E-state index in [-0.39, 0.29) is 17.7 Å². The minimum atomic E-state index is -0.483. The van der Waals surface area contributed by atoms with Crippen LogP contribution in [-0.2, 0) is 16.1 Å². The summed E-state index contributed by atoms with van der Waals surface area (Å²) in [5.74, 6) is 0.437. The van der Waals surface area contributed by atoms with Crippen LogP contribution < -0.4 is 19.5 Å². The molecule has 0 aliphatic carbocycles. The molecule has 0 spiro atoms. The van der Waals surface area contributed by atoms with Crippen molar-refractivity contribution in [2.45, 2.75) is 26.3 Å². The summed E-state index contributed by atoms with van der Waals surface area (Å²) in [6, 6.07) is 23.9. The number of methoxy groups -OCH3 is 1. The Morgan fingerprint density at radius 2 is 1.81 bits per heavy atom. The molecule has 1 N–H and O–H groups in total. The van der Waals surface area contributed by atoms with E-state index in [9.17, 15) is 14.9 Å². The van der Waals surface area contributed by atoms with E-state index in [1.54, 1.807) is 18.2 Å². The van der Waals surface area contributed by atoms with Crippen molar-refractivity contribution < 1.29 is 23.8 Å². The van der Waals surface area contributed by atoms with Gasteiger partial charge < -0.3 is 19.5 Å². The molecule has 0 aromatic heterocycles. The van der Waals surface area contributed by atoms with Gasteiger partial charge in [-0.1, -0.05) is 48.5 Å². The van der Waals surface area contributed by atoms with Crippen molar-refractivity contribution in [3.05, 3.63) is 95.1 Å². The molecule has 0 fully saturated rings. The number of hydrogen-bond acceptors (Lipinski definition) is 6. The van der Waals surface area contributed by atoms with Crippen molar-refractivity contribution in [2.75, 3.05) is 13.7 Å². The number of esters is 1. The van der Waals surface area contributed by atoms with E-state index in [0.29, 0.717) is 30.9 Å². The fourth-order valence-corrected chi connectivity index (χ4v) is 3.33. The van der Waals surface area contributed by atoms with E-state index in [4.69, 9.17) is 14.2 Å². The van der Waals surface area contributed by atoms with Gasteiger partial charge in [-0.15, -0.1) is 0 Å². The number of hydrogen-bond donors (Lipinski definition) is 1. The highest BCUT2D eigenvalue weighted by Crippen LogP contribution is 2.29. The Balaban J connectivity index is 1.55. The zero-order chi connectivity index (χ0) is 25.8. The summed E-state index contributed by atoms with van der Waals surface area (Å²) in [5.41, 5.74) is 2.54. The monoisotopic (exact) mass is 484 g/mol. The lowest BCUT2D eigenvalue weighted by molar-refractivity contribution is -0.134. The standard InChI is InChI=1S/C29H28N2O5/c1-21-8-6-11-25(16-21)35-15-7-12-28(32)36-26-14-13-23(18-27(26)34-2)17-24(19-30)29(33)31-20-22-9-4-3-5-10-22/h3-6,8-11,13-14,16-18H,7,12,15,20H2,1-2H3,(H,31,33)/b24-17+. The lowest BCUT2D eigenvalue weighted by Gasteiger charge is -2.11. The number of carbonyl (C=O) groups is 2. The van der Waals surface area contributed by atoms with Crippen LogP contribution >= 0.6 is 0 Å². The van der Waals surface area contributed by atoms with Gasteiger partial charge in [-0.05, 0) is 60.4 Å². The smallest absolute Gasteiger partial charge is 0.311 e. The molecular formula is C29H28N2O5. The van der Waals surface area contributed by atoms with Gasteiger partial charge in [-0.2, -0.15) is 5.26 Å². The molecule has 36 heavy (non-hydrogen) atoms. The van der Waals surface area contributed by atoms with Crippen LogP contribution in [0.4, 0.5) is 0 Å². The van der Waals surface area contributed by atoms with Crippen molar-refractivity contribution >= 4 is 18.0 Å². The first-order chi connectivity index (χ1) is 17.5. The van der Waals surface area contributed by atoms with E-state index in [2.05, 4.69) is 5.32 Å².